The highest BCUT2D eigenvalue weighted by atomic mass is 32.2. The summed E-state index contributed by atoms with van der Waals surface area (Å²) in [6.45, 7) is 8.59. The molecule has 0 bridgehead atoms. The molecule has 0 aliphatic carbocycles. The molecular weight excluding hydrogens is 386 g/mol. The minimum Gasteiger partial charge on any atom is -0.454 e. The Bertz CT molecular complexity index is 1050. The molecule has 2 aromatic carbocycles. The Balaban J connectivity index is 1.39. The second-order valence-corrected chi connectivity index (χ2v) is 7.95. The molecule has 1 aliphatic heterocycles. The first-order valence-corrected chi connectivity index (χ1v) is 10.3. The van der Waals surface area contributed by atoms with Gasteiger partial charge in [-0.3, -0.25) is 0 Å². The van der Waals surface area contributed by atoms with Crippen LogP contribution in [0.3, 0.4) is 0 Å². The summed E-state index contributed by atoms with van der Waals surface area (Å²) in [5, 5.41) is 12.2. The number of hydrogen-bond acceptors (Lipinski definition) is 7. The zero-order valence-electron chi connectivity index (χ0n) is 16.9. The molecule has 0 radical (unpaired) electrons. The van der Waals surface area contributed by atoms with Gasteiger partial charge in [-0.2, -0.15) is 10.1 Å². The van der Waals surface area contributed by atoms with E-state index >= 15 is 0 Å². The SMILES string of the molecule is C/C(=N/Nc1nc(SCc2c(C)cc(C)cc2C)n[nH]1)c1ccc2c(c1)OCO2. The van der Waals surface area contributed by atoms with Gasteiger partial charge in [0.2, 0.25) is 17.9 Å². The number of nitrogens with zero attached hydrogens (tertiary/aromatic N) is 3. The first-order chi connectivity index (χ1) is 14.0. The molecule has 4 rings (SSSR count). The van der Waals surface area contributed by atoms with E-state index in [4.69, 9.17) is 9.47 Å². The lowest BCUT2D eigenvalue weighted by atomic mass is 10.0. The van der Waals surface area contributed by atoms with Crippen LogP contribution < -0.4 is 14.9 Å². The van der Waals surface area contributed by atoms with Gasteiger partial charge in [0.05, 0.1) is 5.71 Å². The van der Waals surface area contributed by atoms with Crippen molar-refractivity contribution >= 4 is 23.4 Å². The summed E-state index contributed by atoms with van der Waals surface area (Å²) in [5.41, 5.74) is 9.90. The Morgan fingerprint density at radius 1 is 1.14 bits per heavy atom. The van der Waals surface area contributed by atoms with Crippen LogP contribution in [0.15, 0.2) is 40.6 Å². The molecule has 3 aromatic rings. The number of anilines is 1. The van der Waals surface area contributed by atoms with Crippen LogP contribution in [0.4, 0.5) is 5.95 Å². The van der Waals surface area contributed by atoms with Crippen LogP contribution in [0.1, 0.15) is 34.7 Å². The number of aryl methyl sites for hydroxylation is 3. The first-order valence-electron chi connectivity index (χ1n) is 9.32. The van der Waals surface area contributed by atoms with Crippen molar-refractivity contribution in [2.24, 2.45) is 5.10 Å². The van der Waals surface area contributed by atoms with Crippen LogP contribution in [0.25, 0.3) is 0 Å². The Labute approximate surface area is 173 Å². The molecule has 0 spiro atoms. The summed E-state index contributed by atoms with van der Waals surface area (Å²) in [6, 6.07) is 10.2. The number of nitrogens with one attached hydrogen (secondary N) is 2. The number of aromatic nitrogens is 3. The standard InChI is InChI=1S/C21H23N5O2S/c1-12-7-13(2)17(14(3)8-12)10-29-21-22-20(25-26-21)24-23-15(4)16-5-6-18-19(9-16)28-11-27-18/h5-9H,10-11H2,1-4H3,(H2,22,24,25,26)/b23-15-. The molecule has 7 nitrogen and oxygen atoms in total. The van der Waals surface area contributed by atoms with E-state index in [-0.39, 0.29) is 6.79 Å². The quantitative estimate of drug-likeness (QED) is 0.352. The largest absolute Gasteiger partial charge is 0.454 e. The number of rotatable bonds is 6. The van der Waals surface area contributed by atoms with Crippen LogP contribution in [0, 0.1) is 20.8 Å². The molecule has 0 atom stereocenters. The van der Waals surface area contributed by atoms with Gasteiger partial charge < -0.3 is 9.47 Å². The van der Waals surface area contributed by atoms with Crippen molar-refractivity contribution in [2.45, 2.75) is 38.6 Å². The van der Waals surface area contributed by atoms with Gasteiger partial charge in [-0.15, -0.1) is 5.10 Å². The predicted octanol–water partition coefficient (Wildman–Crippen LogP) is 4.59. The molecule has 0 saturated carbocycles. The number of thioether (sulfide) groups is 1. The third kappa shape index (κ3) is 4.37. The van der Waals surface area contributed by atoms with E-state index in [1.165, 1.54) is 22.3 Å². The lowest BCUT2D eigenvalue weighted by Gasteiger charge is -2.09. The number of aromatic amines is 1. The van der Waals surface area contributed by atoms with Crippen LogP contribution in [-0.4, -0.2) is 27.7 Å². The van der Waals surface area contributed by atoms with Crippen molar-refractivity contribution in [3.8, 4) is 11.5 Å². The fourth-order valence-electron chi connectivity index (χ4n) is 3.26. The predicted molar refractivity (Wildman–Crippen MR) is 115 cm³/mol. The minimum atomic E-state index is 0.257. The fourth-order valence-corrected chi connectivity index (χ4v) is 4.25. The number of benzene rings is 2. The van der Waals surface area contributed by atoms with Crippen molar-refractivity contribution < 1.29 is 9.47 Å². The molecule has 1 aromatic heterocycles. The summed E-state index contributed by atoms with van der Waals surface area (Å²) in [7, 11) is 0. The third-order valence-corrected chi connectivity index (χ3v) is 5.64. The Kier molecular flexibility index (Phi) is 5.44. The van der Waals surface area contributed by atoms with Crippen molar-refractivity contribution in [1.29, 1.82) is 0 Å². The minimum absolute atomic E-state index is 0.257. The summed E-state index contributed by atoms with van der Waals surface area (Å²) < 4.78 is 10.8. The van der Waals surface area contributed by atoms with Gasteiger partial charge in [0.25, 0.3) is 0 Å². The van der Waals surface area contributed by atoms with Gasteiger partial charge in [-0.25, -0.2) is 10.5 Å². The molecular formula is C21H23N5O2S. The van der Waals surface area contributed by atoms with Crippen LogP contribution in [-0.2, 0) is 5.75 Å². The summed E-state index contributed by atoms with van der Waals surface area (Å²) in [5.74, 6) is 2.82. The molecule has 2 heterocycles. The van der Waals surface area contributed by atoms with Gasteiger partial charge >= 0.3 is 0 Å². The lowest BCUT2D eigenvalue weighted by molar-refractivity contribution is 0.174. The molecule has 8 heteroatoms. The summed E-state index contributed by atoms with van der Waals surface area (Å²) in [6.07, 6.45) is 0. The average molecular weight is 410 g/mol. The molecule has 150 valence electrons. The number of hydrazone groups is 1. The van der Waals surface area contributed by atoms with E-state index < -0.39 is 0 Å². The normalized spacial score (nSPS) is 13.0. The zero-order valence-corrected chi connectivity index (χ0v) is 17.7. The second-order valence-electron chi connectivity index (χ2n) is 7.01. The lowest BCUT2D eigenvalue weighted by Crippen LogP contribution is -2.00. The summed E-state index contributed by atoms with van der Waals surface area (Å²) >= 11 is 1.60. The number of H-pyrrole nitrogens is 1. The summed E-state index contributed by atoms with van der Waals surface area (Å²) in [4.78, 5) is 4.46. The maximum atomic E-state index is 5.41. The molecule has 0 saturated heterocycles. The monoisotopic (exact) mass is 409 g/mol. The molecule has 1 aliphatic rings. The maximum absolute atomic E-state index is 5.41. The van der Waals surface area contributed by atoms with E-state index in [1.807, 2.05) is 25.1 Å². The van der Waals surface area contributed by atoms with Gasteiger partial charge in [0.15, 0.2) is 11.5 Å². The smallest absolute Gasteiger partial charge is 0.240 e. The molecule has 29 heavy (non-hydrogen) atoms. The first kappa shape index (κ1) is 19.3. The molecule has 0 fully saturated rings. The number of ether oxygens (including phenoxy) is 2. The Morgan fingerprint density at radius 3 is 2.69 bits per heavy atom. The van der Waals surface area contributed by atoms with Crippen molar-refractivity contribution in [3.05, 3.63) is 58.1 Å². The van der Waals surface area contributed by atoms with Gasteiger partial charge in [0, 0.05) is 11.3 Å². The zero-order chi connectivity index (χ0) is 20.4. The van der Waals surface area contributed by atoms with E-state index in [9.17, 15) is 0 Å². The van der Waals surface area contributed by atoms with E-state index in [0.717, 1.165) is 28.5 Å². The Hall–Kier alpha value is -3.00. The van der Waals surface area contributed by atoms with Crippen LogP contribution in [0.2, 0.25) is 0 Å². The van der Waals surface area contributed by atoms with E-state index in [2.05, 4.69) is 58.6 Å². The number of hydrogen-bond donors (Lipinski definition) is 2. The van der Waals surface area contributed by atoms with Crippen molar-refractivity contribution in [1.82, 2.24) is 15.2 Å². The average Bonchev–Trinajstić information content (AvgIpc) is 3.33. The van der Waals surface area contributed by atoms with E-state index in [0.29, 0.717) is 11.1 Å². The van der Waals surface area contributed by atoms with Crippen LogP contribution >= 0.6 is 11.8 Å². The fraction of sp³-hybridized carbons (Fsp3) is 0.286. The van der Waals surface area contributed by atoms with Gasteiger partial charge in [-0.05, 0) is 62.6 Å². The van der Waals surface area contributed by atoms with Gasteiger partial charge in [-0.1, -0.05) is 29.5 Å². The van der Waals surface area contributed by atoms with Crippen LogP contribution in [0.5, 0.6) is 11.5 Å². The van der Waals surface area contributed by atoms with Crippen molar-refractivity contribution in [2.75, 3.05) is 12.2 Å². The number of fused-ring (bicyclic) bond motifs is 1. The molecule has 0 amide bonds. The molecule has 2 N–H and O–H groups in total. The molecule has 0 unspecified atom stereocenters. The van der Waals surface area contributed by atoms with Crippen molar-refractivity contribution in [3.63, 3.8) is 0 Å². The third-order valence-electron chi connectivity index (χ3n) is 4.77. The highest BCUT2D eigenvalue weighted by Gasteiger charge is 2.14. The van der Waals surface area contributed by atoms with E-state index in [1.54, 1.807) is 11.8 Å². The Morgan fingerprint density at radius 2 is 1.90 bits per heavy atom. The highest BCUT2D eigenvalue weighted by Crippen LogP contribution is 2.32. The maximum Gasteiger partial charge on any atom is 0.240 e. The topological polar surface area (TPSA) is 84.4 Å². The second kappa shape index (κ2) is 8.16. The highest BCUT2D eigenvalue weighted by molar-refractivity contribution is 7.98. The van der Waals surface area contributed by atoms with Gasteiger partial charge in [0.1, 0.15) is 0 Å².